The number of rotatable bonds is 6. The quantitative estimate of drug-likeness (QED) is 0.753. The molecule has 130 valence electrons. The summed E-state index contributed by atoms with van der Waals surface area (Å²) in [5.74, 6) is -2.47. The Morgan fingerprint density at radius 1 is 1.36 bits per heavy atom. The van der Waals surface area contributed by atoms with Crippen molar-refractivity contribution in [2.75, 3.05) is 13.7 Å². The van der Waals surface area contributed by atoms with Gasteiger partial charge in [0.15, 0.2) is 0 Å². The number of amides is 1. The fourth-order valence-electron chi connectivity index (χ4n) is 2.68. The fraction of sp³-hybridized carbons (Fsp3) is 0.938. The minimum Gasteiger partial charge on any atom is -0.450 e. The molecule has 1 amide bonds. The average Bonchev–Trinajstić information content (AvgIpc) is 2.39. The third-order valence-electron chi connectivity index (χ3n) is 3.77. The first-order chi connectivity index (χ1) is 10.1. The van der Waals surface area contributed by atoms with E-state index in [0.29, 0.717) is 29.9 Å². The molecular formula is C16H29F2NO2S. The lowest BCUT2D eigenvalue weighted by Gasteiger charge is -2.32. The first kappa shape index (κ1) is 19.5. The second kappa shape index (κ2) is 8.37. The fourth-order valence-corrected chi connectivity index (χ4v) is 4.56. The van der Waals surface area contributed by atoms with Gasteiger partial charge in [-0.25, -0.2) is 13.6 Å². The monoisotopic (exact) mass is 337 g/mol. The van der Waals surface area contributed by atoms with E-state index in [4.69, 9.17) is 4.74 Å². The van der Waals surface area contributed by atoms with Crippen LogP contribution in [0.5, 0.6) is 0 Å². The first-order valence-electron chi connectivity index (χ1n) is 7.99. The molecule has 0 heterocycles. The van der Waals surface area contributed by atoms with Gasteiger partial charge in [-0.15, -0.1) is 0 Å². The maximum absolute atomic E-state index is 13.2. The summed E-state index contributed by atoms with van der Waals surface area (Å²) in [6.07, 6.45) is 2.49. The molecule has 1 N–H and O–H groups in total. The Bertz CT molecular complexity index is 349. The number of alkyl carbamates (subject to hydrolysis) is 1. The Hall–Kier alpha value is -0.520. The van der Waals surface area contributed by atoms with Gasteiger partial charge in [0.25, 0.3) is 0 Å². The van der Waals surface area contributed by atoms with Gasteiger partial charge in [-0.1, -0.05) is 20.8 Å². The third-order valence-corrected chi connectivity index (χ3v) is 5.41. The van der Waals surface area contributed by atoms with E-state index in [9.17, 15) is 13.6 Å². The Morgan fingerprint density at radius 2 is 1.95 bits per heavy atom. The lowest BCUT2D eigenvalue weighted by molar-refractivity contribution is -0.0324. The van der Waals surface area contributed by atoms with Gasteiger partial charge in [-0.3, -0.25) is 0 Å². The van der Waals surface area contributed by atoms with Crippen molar-refractivity contribution in [3.05, 3.63) is 0 Å². The van der Waals surface area contributed by atoms with Gasteiger partial charge in [-0.2, -0.15) is 11.8 Å². The van der Waals surface area contributed by atoms with Gasteiger partial charge in [0, 0.05) is 30.4 Å². The number of thioether (sulfide) groups is 1. The smallest absolute Gasteiger partial charge is 0.406 e. The van der Waals surface area contributed by atoms with Crippen LogP contribution in [-0.4, -0.2) is 36.2 Å². The van der Waals surface area contributed by atoms with Crippen molar-refractivity contribution < 1.29 is 18.3 Å². The van der Waals surface area contributed by atoms with Crippen LogP contribution in [0.25, 0.3) is 0 Å². The van der Waals surface area contributed by atoms with E-state index in [1.165, 1.54) is 7.05 Å². The number of carbonyl (C=O) groups excluding carboxylic acids is 1. The molecule has 0 aromatic heterocycles. The summed E-state index contributed by atoms with van der Waals surface area (Å²) in [7, 11) is 1.53. The van der Waals surface area contributed by atoms with Gasteiger partial charge in [-0.05, 0) is 31.1 Å². The Morgan fingerprint density at radius 3 is 2.45 bits per heavy atom. The molecule has 1 unspecified atom stereocenters. The summed E-state index contributed by atoms with van der Waals surface area (Å²) in [6.45, 7) is 6.90. The topological polar surface area (TPSA) is 38.3 Å². The molecule has 0 aromatic carbocycles. The minimum absolute atomic E-state index is 0.00163. The van der Waals surface area contributed by atoms with Crippen molar-refractivity contribution in [1.82, 2.24) is 5.32 Å². The number of hydrogen-bond donors (Lipinski definition) is 1. The summed E-state index contributed by atoms with van der Waals surface area (Å²) >= 11 is 1.81. The molecule has 1 rings (SSSR count). The highest BCUT2D eigenvalue weighted by atomic mass is 32.2. The number of halogens is 2. The van der Waals surface area contributed by atoms with Crippen LogP contribution in [0, 0.1) is 5.41 Å². The number of ether oxygens (including phenoxy) is 1. The van der Waals surface area contributed by atoms with Gasteiger partial charge >= 0.3 is 6.09 Å². The van der Waals surface area contributed by atoms with Gasteiger partial charge in [0.1, 0.15) is 0 Å². The van der Waals surface area contributed by atoms with Crippen molar-refractivity contribution in [2.24, 2.45) is 5.41 Å². The highest BCUT2D eigenvalue weighted by Gasteiger charge is 2.36. The molecule has 1 aliphatic rings. The summed E-state index contributed by atoms with van der Waals surface area (Å²) in [6, 6.07) is 0. The van der Waals surface area contributed by atoms with Crippen molar-refractivity contribution >= 4 is 17.9 Å². The molecule has 1 aliphatic carbocycles. The summed E-state index contributed by atoms with van der Waals surface area (Å²) < 4.78 is 31.6. The largest absolute Gasteiger partial charge is 0.450 e. The van der Waals surface area contributed by atoms with Crippen LogP contribution in [-0.2, 0) is 4.74 Å². The molecule has 6 heteroatoms. The maximum Gasteiger partial charge on any atom is 0.406 e. The normalized spacial score (nSPS) is 20.5. The standard InChI is InChI=1S/C16H29F2NO2S/c1-15(2,3)11-13(7-10-21-14(20)19-4)22-12-5-8-16(17,18)9-6-12/h12-13H,5-11H2,1-4H3,(H,19,20). The highest BCUT2D eigenvalue weighted by Crippen LogP contribution is 2.41. The van der Waals surface area contributed by atoms with E-state index in [1.54, 1.807) is 0 Å². The van der Waals surface area contributed by atoms with Crippen LogP contribution >= 0.6 is 11.8 Å². The van der Waals surface area contributed by atoms with E-state index < -0.39 is 12.0 Å². The van der Waals surface area contributed by atoms with E-state index in [0.717, 1.165) is 12.8 Å². The lowest BCUT2D eigenvalue weighted by Crippen LogP contribution is -2.28. The van der Waals surface area contributed by atoms with Crippen molar-refractivity contribution in [3.63, 3.8) is 0 Å². The van der Waals surface area contributed by atoms with Crippen molar-refractivity contribution in [2.45, 2.75) is 75.7 Å². The average molecular weight is 337 g/mol. The Labute approximate surface area is 136 Å². The number of hydrogen-bond acceptors (Lipinski definition) is 3. The van der Waals surface area contributed by atoms with Gasteiger partial charge in [0.2, 0.25) is 5.92 Å². The van der Waals surface area contributed by atoms with Gasteiger partial charge < -0.3 is 10.1 Å². The maximum atomic E-state index is 13.2. The number of carbonyl (C=O) groups is 1. The van der Waals surface area contributed by atoms with Crippen molar-refractivity contribution in [1.29, 1.82) is 0 Å². The molecule has 0 aliphatic heterocycles. The predicted molar refractivity (Wildman–Crippen MR) is 87.7 cm³/mol. The molecule has 0 spiro atoms. The molecule has 22 heavy (non-hydrogen) atoms. The highest BCUT2D eigenvalue weighted by molar-refractivity contribution is 8.00. The summed E-state index contributed by atoms with van der Waals surface area (Å²) in [5, 5.41) is 3.06. The second-order valence-electron chi connectivity index (χ2n) is 7.25. The zero-order valence-electron chi connectivity index (χ0n) is 14.1. The van der Waals surface area contributed by atoms with E-state index in [2.05, 4.69) is 26.1 Å². The van der Waals surface area contributed by atoms with Gasteiger partial charge in [0.05, 0.1) is 6.61 Å². The summed E-state index contributed by atoms with van der Waals surface area (Å²) in [5.41, 5.74) is 0.170. The lowest BCUT2D eigenvalue weighted by atomic mass is 9.89. The zero-order chi connectivity index (χ0) is 16.8. The zero-order valence-corrected chi connectivity index (χ0v) is 14.9. The minimum atomic E-state index is -2.47. The molecule has 0 saturated heterocycles. The van der Waals surface area contributed by atoms with Crippen LogP contribution in [0.3, 0.4) is 0 Å². The summed E-state index contributed by atoms with van der Waals surface area (Å²) in [4.78, 5) is 11.1. The molecule has 0 bridgehead atoms. The molecule has 3 nitrogen and oxygen atoms in total. The SMILES string of the molecule is CNC(=O)OCCC(CC(C)(C)C)SC1CCC(F)(F)CC1. The van der Waals surface area contributed by atoms with Crippen LogP contribution in [0.4, 0.5) is 13.6 Å². The number of alkyl halides is 2. The van der Waals surface area contributed by atoms with E-state index in [-0.39, 0.29) is 18.3 Å². The van der Waals surface area contributed by atoms with Crippen LogP contribution in [0.1, 0.15) is 59.3 Å². The second-order valence-corrected chi connectivity index (χ2v) is 8.86. The van der Waals surface area contributed by atoms with Crippen LogP contribution < -0.4 is 5.32 Å². The Kier molecular flexibility index (Phi) is 7.42. The number of nitrogens with one attached hydrogen (secondary N) is 1. The molecule has 0 aromatic rings. The molecular weight excluding hydrogens is 308 g/mol. The predicted octanol–water partition coefficient (Wildman–Crippen LogP) is 4.85. The van der Waals surface area contributed by atoms with Crippen LogP contribution in [0.2, 0.25) is 0 Å². The van der Waals surface area contributed by atoms with Crippen molar-refractivity contribution in [3.8, 4) is 0 Å². The third kappa shape index (κ3) is 8.20. The Balaban J connectivity index is 2.46. The molecule has 1 atom stereocenters. The first-order valence-corrected chi connectivity index (χ1v) is 8.93. The molecule has 0 radical (unpaired) electrons. The van der Waals surface area contributed by atoms with E-state index >= 15 is 0 Å². The molecule has 1 fully saturated rings. The molecule has 1 saturated carbocycles. The van der Waals surface area contributed by atoms with Crippen LogP contribution in [0.15, 0.2) is 0 Å². The van der Waals surface area contributed by atoms with E-state index in [1.807, 2.05) is 11.8 Å².